The van der Waals surface area contributed by atoms with Crippen LogP contribution in [0.1, 0.15) is 11.1 Å². The van der Waals surface area contributed by atoms with Crippen LogP contribution in [0.3, 0.4) is 0 Å². The molecule has 0 saturated heterocycles. The largest absolute Gasteiger partial charge is 0.441 e. The number of nitrogens with zero attached hydrogens (tertiary/aromatic N) is 6. The quantitative estimate of drug-likeness (QED) is 0.164. The monoisotopic (exact) mass is 748 g/mol. The maximum absolute atomic E-state index is 12.8. The molecule has 6 heterocycles. The molecule has 0 N–H and O–H groups in total. The van der Waals surface area contributed by atoms with Gasteiger partial charge in [-0.2, -0.15) is 36.3 Å². The number of hydrogen-bond acceptors (Lipinski definition) is 8. The third kappa shape index (κ3) is 6.91. The van der Waals surface area contributed by atoms with Gasteiger partial charge in [-0.15, -0.1) is 0 Å². The van der Waals surface area contributed by atoms with Crippen molar-refractivity contribution in [3.63, 3.8) is 0 Å². The van der Waals surface area contributed by atoms with Crippen LogP contribution in [0.15, 0.2) is 135 Å². The van der Waals surface area contributed by atoms with Gasteiger partial charge in [0.15, 0.2) is 29.5 Å². The van der Waals surface area contributed by atoms with Gasteiger partial charge in [-0.1, -0.05) is 36.4 Å². The molecule has 6 aromatic heterocycles. The molecule has 53 heavy (non-hydrogen) atoms. The first-order valence-electron chi connectivity index (χ1n) is 15.2. The molecule has 8 aromatic rings. The van der Waals surface area contributed by atoms with Gasteiger partial charge in [0, 0.05) is 46.7 Å². The van der Waals surface area contributed by atoms with Crippen LogP contribution in [0.25, 0.3) is 56.1 Å². The zero-order valence-electron chi connectivity index (χ0n) is 26.4. The van der Waals surface area contributed by atoms with E-state index in [0.717, 1.165) is 30.7 Å². The van der Waals surface area contributed by atoms with Crippen molar-refractivity contribution in [3.05, 3.63) is 153 Å². The third-order valence-corrected chi connectivity index (χ3v) is 8.03. The van der Waals surface area contributed by atoms with Gasteiger partial charge in [0.05, 0.1) is 11.1 Å². The maximum atomic E-state index is 12.8. The number of oxazole rings is 2. The molecule has 0 spiro atoms. The number of benzene rings is 2. The molecule has 0 fully saturated rings. The first-order chi connectivity index (χ1) is 25.3. The number of alkyl halides is 6. The minimum atomic E-state index is -4.46. The fraction of sp³-hybridized carbons (Fsp3) is 0.0556. The van der Waals surface area contributed by atoms with E-state index in [-0.39, 0.29) is 39.5 Å². The van der Waals surface area contributed by atoms with Gasteiger partial charge in [-0.05, 0) is 60.1 Å². The molecule has 0 radical (unpaired) electrons. The Kier molecular flexibility index (Phi) is 8.91. The summed E-state index contributed by atoms with van der Waals surface area (Å²) in [5, 5.41) is 1.07. The first-order valence-corrected chi connectivity index (χ1v) is 15.6. The molecule has 0 aliphatic heterocycles. The van der Waals surface area contributed by atoms with E-state index in [1.54, 1.807) is 36.4 Å². The Bertz CT molecular complexity index is 2720. The molecule has 2 aromatic carbocycles. The molecule has 266 valence electrons. The summed E-state index contributed by atoms with van der Waals surface area (Å²) < 4.78 is 89.6. The van der Waals surface area contributed by atoms with Crippen molar-refractivity contribution in [2.45, 2.75) is 12.4 Å². The molecule has 17 heteroatoms. The molecular formula is C36H19ClF6N6O4. The number of rotatable bonds is 4. The van der Waals surface area contributed by atoms with E-state index in [1.165, 1.54) is 58.2 Å². The predicted octanol–water partition coefficient (Wildman–Crippen LogP) is 8.77. The van der Waals surface area contributed by atoms with Gasteiger partial charge in [0.25, 0.3) is 16.5 Å². The first kappa shape index (κ1) is 34.9. The maximum Gasteiger partial charge on any atom is 0.416 e. The van der Waals surface area contributed by atoms with Crippen molar-refractivity contribution in [2.24, 2.45) is 0 Å². The van der Waals surface area contributed by atoms with Crippen molar-refractivity contribution in [1.82, 2.24) is 29.1 Å². The number of pyridine rings is 4. The van der Waals surface area contributed by atoms with Gasteiger partial charge in [-0.3, -0.25) is 28.7 Å². The second-order valence-corrected chi connectivity index (χ2v) is 11.5. The van der Waals surface area contributed by atoms with Crippen LogP contribution < -0.4 is 11.1 Å². The summed E-state index contributed by atoms with van der Waals surface area (Å²) in [5.74, 6) is 0.516. The smallest absolute Gasteiger partial charge is 0.416 e. The molecule has 0 bridgehead atoms. The van der Waals surface area contributed by atoms with Crippen molar-refractivity contribution >= 4 is 33.4 Å². The number of fused-ring (bicyclic) bond motifs is 2. The summed E-state index contributed by atoms with van der Waals surface area (Å²) in [6.07, 6.45) is -1.75. The van der Waals surface area contributed by atoms with Crippen LogP contribution >= 0.6 is 11.6 Å². The van der Waals surface area contributed by atoms with Gasteiger partial charge < -0.3 is 8.83 Å². The summed E-state index contributed by atoms with van der Waals surface area (Å²) >= 11 is 5.85. The lowest BCUT2D eigenvalue weighted by molar-refractivity contribution is -0.138. The van der Waals surface area contributed by atoms with E-state index in [9.17, 15) is 35.9 Å². The zero-order valence-corrected chi connectivity index (χ0v) is 27.2. The summed E-state index contributed by atoms with van der Waals surface area (Å²) in [4.78, 5) is 41.6. The van der Waals surface area contributed by atoms with Crippen molar-refractivity contribution < 1.29 is 35.2 Å². The molecular weight excluding hydrogens is 730 g/mol. The topological polar surface area (TPSA) is 122 Å². The standard InChI is InChI=1S/C18H9ClF3N3O2.C18H10F3N3O2/c19-17-24-15(25-9-7-10-2-1-8-23-13(10)16(25)26)14(27-17)11-3-5-12(6-4-11)18(20,21)22;19-18(20,21)13-5-3-12(4-6-13)15-16(23-10-26-15)24-9-7-11-2-1-8-22-14(11)17(24)25/h1-9H;1-10H. The Labute approximate surface area is 297 Å². The highest BCUT2D eigenvalue weighted by Crippen LogP contribution is 2.35. The molecule has 0 aliphatic rings. The van der Waals surface area contributed by atoms with Crippen LogP contribution in [-0.4, -0.2) is 29.1 Å². The SMILES string of the molecule is O=c1c2ncccc2ccn1-c1nc(Cl)oc1-c1ccc(C(F)(F)F)cc1.O=c1c2ncccc2ccn1-c1ncoc1-c1ccc(C(F)(F)F)cc1. The van der Waals surface area contributed by atoms with E-state index >= 15 is 0 Å². The van der Waals surface area contributed by atoms with Crippen molar-refractivity contribution in [1.29, 1.82) is 0 Å². The zero-order chi connectivity index (χ0) is 37.5. The van der Waals surface area contributed by atoms with Crippen molar-refractivity contribution in [3.8, 4) is 34.3 Å². The number of aromatic nitrogens is 6. The Morgan fingerprint density at radius 3 is 1.55 bits per heavy atom. The highest BCUT2D eigenvalue weighted by atomic mass is 35.5. The van der Waals surface area contributed by atoms with Crippen LogP contribution in [0.4, 0.5) is 26.3 Å². The van der Waals surface area contributed by atoms with Gasteiger partial charge in [0.2, 0.25) is 0 Å². The fourth-order valence-electron chi connectivity index (χ4n) is 5.34. The lowest BCUT2D eigenvalue weighted by Crippen LogP contribution is -2.19. The fourth-order valence-corrected chi connectivity index (χ4v) is 5.49. The average molecular weight is 749 g/mol. The van der Waals surface area contributed by atoms with Crippen LogP contribution in [0, 0.1) is 0 Å². The molecule has 0 aliphatic carbocycles. The summed E-state index contributed by atoms with van der Waals surface area (Å²) in [6.45, 7) is 0. The highest BCUT2D eigenvalue weighted by molar-refractivity contribution is 6.28. The summed E-state index contributed by atoms with van der Waals surface area (Å²) in [6, 6.07) is 19.0. The van der Waals surface area contributed by atoms with E-state index in [1.807, 2.05) is 0 Å². The Morgan fingerprint density at radius 1 is 0.585 bits per heavy atom. The van der Waals surface area contributed by atoms with Crippen LogP contribution in [0.2, 0.25) is 5.35 Å². The highest BCUT2D eigenvalue weighted by Gasteiger charge is 2.31. The Balaban J connectivity index is 0.000000164. The molecule has 0 saturated carbocycles. The van der Waals surface area contributed by atoms with E-state index in [0.29, 0.717) is 21.9 Å². The van der Waals surface area contributed by atoms with Gasteiger partial charge >= 0.3 is 12.4 Å². The minimum Gasteiger partial charge on any atom is -0.441 e. The van der Waals surface area contributed by atoms with Crippen molar-refractivity contribution in [2.75, 3.05) is 0 Å². The summed E-state index contributed by atoms with van der Waals surface area (Å²) in [5.41, 5.74) is -1.27. The Hall–Kier alpha value is -6.55. The van der Waals surface area contributed by atoms with E-state index < -0.39 is 34.6 Å². The molecule has 10 nitrogen and oxygen atoms in total. The van der Waals surface area contributed by atoms with Gasteiger partial charge in [-0.25, -0.2) is 0 Å². The van der Waals surface area contributed by atoms with E-state index in [4.69, 9.17) is 20.4 Å². The number of halogens is 7. The predicted molar refractivity (Wildman–Crippen MR) is 181 cm³/mol. The molecule has 0 atom stereocenters. The van der Waals surface area contributed by atoms with Crippen LogP contribution in [0.5, 0.6) is 0 Å². The minimum absolute atomic E-state index is 0.0670. The molecule has 0 unspecified atom stereocenters. The Morgan fingerprint density at radius 2 is 1.06 bits per heavy atom. The normalized spacial score (nSPS) is 11.8. The summed E-state index contributed by atoms with van der Waals surface area (Å²) in [7, 11) is 0. The average Bonchev–Trinajstić information content (AvgIpc) is 3.79. The lowest BCUT2D eigenvalue weighted by atomic mass is 10.1. The molecule has 0 amide bonds. The number of hydrogen-bond donors (Lipinski definition) is 0. The molecule has 8 rings (SSSR count). The van der Waals surface area contributed by atoms with Gasteiger partial charge in [0.1, 0.15) is 11.0 Å². The third-order valence-electron chi connectivity index (χ3n) is 7.86. The van der Waals surface area contributed by atoms with Crippen LogP contribution in [-0.2, 0) is 12.4 Å². The second-order valence-electron chi connectivity index (χ2n) is 11.1. The van der Waals surface area contributed by atoms with E-state index in [2.05, 4.69) is 19.9 Å². The second kappa shape index (κ2) is 13.5. The lowest BCUT2D eigenvalue weighted by Gasteiger charge is -2.08.